The third-order valence-corrected chi connectivity index (χ3v) is 7.33. The molecule has 2 aromatic carbocycles. The molecule has 3 rings (SSSR count). The van der Waals surface area contributed by atoms with E-state index in [9.17, 15) is 13.2 Å². The fraction of sp³-hybridized carbons (Fsp3) is 0.333. The largest absolute Gasteiger partial charge is 0.317 e. The van der Waals surface area contributed by atoms with Crippen molar-refractivity contribution in [1.82, 2.24) is 4.57 Å². The summed E-state index contributed by atoms with van der Waals surface area (Å²) in [5.41, 5.74) is 4.17. The molecule has 0 unspecified atom stereocenters. The zero-order valence-electron chi connectivity index (χ0n) is 16.3. The van der Waals surface area contributed by atoms with Crippen molar-refractivity contribution in [1.29, 1.82) is 0 Å². The molecule has 0 saturated carbocycles. The van der Waals surface area contributed by atoms with Gasteiger partial charge in [0, 0.05) is 13.0 Å². The van der Waals surface area contributed by atoms with Gasteiger partial charge >= 0.3 is 0 Å². The highest BCUT2D eigenvalue weighted by Crippen LogP contribution is 2.22. The smallest absolute Gasteiger partial charge is 0.249 e. The Morgan fingerprint density at radius 1 is 1.11 bits per heavy atom. The molecule has 1 amide bonds. The van der Waals surface area contributed by atoms with Crippen LogP contribution in [0.15, 0.2) is 47.5 Å². The lowest BCUT2D eigenvalue weighted by Gasteiger charge is -2.04. The van der Waals surface area contributed by atoms with E-state index in [-0.39, 0.29) is 17.9 Å². The quantitative estimate of drug-likeness (QED) is 0.614. The van der Waals surface area contributed by atoms with Gasteiger partial charge in [-0.2, -0.15) is 4.99 Å². The number of rotatable bonds is 6. The number of aryl methyl sites for hydroxylation is 3. The molecule has 0 saturated heterocycles. The number of aromatic nitrogens is 1. The van der Waals surface area contributed by atoms with Crippen molar-refractivity contribution in [3.63, 3.8) is 0 Å². The van der Waals surface area contributed by atoms with Crippen LogP contribution in [0, 0.1) is 13.8 Å². The molecular weight excluding hydrogens is 392 g/mol. The van der Waals surface area contributed by atoms with Crippen molar-refractivity contribution in [2.24, 2.45) is 4.99 Å². The summed E-state index contributed by atoms with van der Waals surface area (Å²) in [7, 11) is -3.36. The minimum Gasteiger partial charge on any atom is -0.317 e. The van der Waals surface area contributed by atoms with Crippen molar-refractivity contribution in [3.8, 4) is 0 Å². The summed E-state index contributed by atoms with van der Waals surface area (Å²) < 4.78 is 27.7. The van der Waals surface area contributed by atoms with Crippen molar-refractivity contribution in [3.05, 3.63) is 64.0 Å². The van der Waals surface area contributed by atoms with E-state index in [1.54, 1.807) is 24.3 Å². The lowest BCUT2D eigenvalue weighted by molar-refractivity contribution is -0.117. The summed E-state index contributed by atoms with van der Waals surface area (Å²) in [5.74, 6) is -0.657. The molecule has 1 heterocycles. The van der Waals surface area contributed by atoms with E-state index in [0.717, 1.165) is 15.8 Å². The highest BCUT2D eigenvalue weighted by molar-refractivity contribution is 7.90. The maximum Gasteiger partial charge on any atom is 0.249 e. The van der Waals surface area contributed by atoms with Gasteiger partial charge in [0.1, 0.15) is 0 Å². The SMILES string of the molecule is CCn1c(=NC(=O)CCS(=O)(=O)Cc2ccccc2)sc2cc(C)c(C)cc21. The van der Waals surface area contributed by atoms with Gasteiger partial charge in [-0.3, -0.25) is 4.79 Å². The summed E-state index contributed by atoms with van der Waals surface area (Å²) in [6.45, 7) is 6.83. The lowest BCUT2D eigenvalue weighted by atomic mass is 10.1. The Hall–Kier alpha value is -2.25. The number of nitrogens with zero attached hydrogens (tertiary/aromatic N) is 2. The number of amides is 1. The Morgan fingerprint density at radius 3 is 2.46 bits per heavy atom. The van der Waals surface area contributed by atoms with Gasteiger partial charge in [0.25, 0.3) is 0 Å². The second-order valence-corrected chi connectivity index (χ2v) is 10.1. The Labute approximate surface area is 169 Å². The number of sulfone groups is 1. The highest BCUT2D eigenvalue weighted by Gasteiger charge is 2.15. The molecule has 0 radical (unpaired) electrons. The van der Waals surface area contributed by atoms with Crippen LogP contribution in [0.4, 0.5) is 0 Å². The minimum absolute atomic E-state index is 0.0580. The lowest BCUT2D eigenvalue weighted by Crippen LogP contribution is -2.18. The number of benzene rings is 2. The van der Waals surface area contributed by atoms with Crippen LogP contribution in [0.25, 0.3) is 10.2 Å². The van der Waals surface area contributed by atoms with Gasteiger partial charge in [-0.15, -0.1) is 0 Å². The van der Waals surface area contributed by atoms with Crippen molar-refractivity contribution >= 4 is 37.3 Å². The summed E-state index contributed by atoms with van der Waals surface area (Å²) in [5, 5.41) is 0. The van der Waals surface area contributed by atoms with Gasteiger partial charge in [-0.1, -0.05) is 41.7 Å². The van der Waals surface area contributed by atoms with E-state index in [1.165, 1.54) is 22.5 Å². The van der Waals surface area contributed by atoms with Crippen LogP contribution in [-0.2, 0) is 26.9 Å². The van der Waals surface area contributed by atoms with Crippen LogP contribution in [0.1, 0.15) is 30.0 Å². The van der Waals surface area contributed by atoms with Crippen LogP contribution in [0.3, 0.4) is 0 Å². The molecule has 5 nitrogen and oxygen atoms in total. The van der Waals surface area contributed by atoms with Crippen molar-refractivity contribution < 1.29 is 13.2 Å². The summed E-state index contributed by atoms with van der Waals surface area (Å²) >= 11 is 1.46. The van der Waals surface area contributed by atoms with Crippen LogP contribution in [0.2, 0.25) is 0 Å². The van der Waals surface area contributed by atoms with Gasteiger partial charge in [0.05, 0.1) is 21.7 Å². The van der Waals surface area contributed by atoms with Gasteiger partial charge in [-0.05, 0) is 49.6 Å². The standard InChI is InChI=1S/C21H24N2O3S2/c1-4-23-18-12-15(2)16(3)13-19(18)27-21(23)22-20(24)10-11-28(25,26)14-17-8-6-5-7-9-17/h5-9,12-13H,4,10-11,14H2,1-3H3. The van der Waals surface area contributed by atoms with E-state index in [2.05, 4.69) is 31.0 Å². The second kappa shape index (κ2) is 8.41. The van der Waals surface area contributed by atoms with Gasteiger partial charge < -0.3 is 4.57 Å². The van der Waals surface area contributed by atoms with Crippen LogP contribution in [0.5, 0.6) is 0 Å². The molecule has 3 aromatic rings. The van der Waals surface area contributed by atoms with Crippen molar-refractivity contribution in [2.75, 3.05) is 5.75 Å². The van der Waals surface area contributed by atoms with Crippen LogP contribution >= 0.6 is 11.3 Å². The van der Waals surface area contributed by atoms with E-state index >= 15 is 0 Å². The second-order valence-electron chi connectivity index (χ2n) is 6.87. The normalized spacial score (nSPS) is 12.6. The summed E-state index contributed by atoms with van der Waals surface area (Å²) in [6.07, 6.45) is -0.106. The van der Waals surface area contributed by atoms with Crippen molar-refractivity contribution in [2.45, 2.75) is 39.5 Å². The van der Waals surface area contributed by atoms with E-state index in [0.29, 0.717) is 11.3 Å². The third-order valence-electron chi connectivity index (χ3n) is 4.69. The first-order valence-corrected chi connectivity index (χ1v) is 11.9. The van der Waals surface area contributed by atoms with Crippen LogP contribution < -0.4 is 4.80 Å². The average molecular weight is 417 g/mol. The Morgan fingerprint density at radius 2 is 1.79 bits per heavy atom. The maximum absolute atomic E-state index is 12.4. The fourth-order valence-electron chi connectivity index (χ4n) is 3.02. The van der Waals surface area contributed by atoms with E-state index in [4.69, 9.17) is 0 Å². The minimum atomic E-state index is -3.36. The number of carbonyl (C=O) groups is 1. The van der Waals surface area contributed by atoms with Crippen LogP contribution in [-0.4, -0.2) is 24.6 Å². The molecule has 0 N–H and O–H groups in total. The number of hydrogen-bond donors (Lipinski definition) is 0. The highest BCUT2D eigenvalue weighted by atomic mass is 32.2. The monoisotopic (exact) mass is 416 g/mol. The van der Waals surface area contributed by atoms with E-state index in [1.807, 2.05) is 17.6 Å². The fourth-order valence-corrected chi connectivity index (χ4v) is 5.54. The van der Waals surface area contributed by atoms with Gasteiger partial charge in [0.15, 0.2) is 14.6 Å². The predicted octanol–water partition coefficient (Wildman–Crippen LogP) is 3.77. The first kappa shape index (κ1) is 20.5. The molecule has 0 spiro atoms. The zero-order valence-corrected chi connectivity index (χ0v) is 17.9. The molecule has 0 atom stereocenters. The summed E-state index contributed by atoms with van der Waals surface area (Å²) in [6, 6.07) is 13.2. The van der Waals surface area contributed by atoms with Gasteiger partial charge in [0.2, 0.25) is 5.91 Å². The molecule has 28 heavy (non-hydrogen) atoms. The van der Waals surface area contributed by atoms with Gasteiger partial charge in [-0.25, -0.2) is 8.42 Å². The Balaban J connectivity index is 1.79. The topological polar surface area (TPSA) is 68.5 Å². The third kappa shape index (κ3) is 4.77. The zero-order chi connectivity index (χ0) is 20.3. The number of thiazole rings is 1. The molecule has 148 valence electrons. The molecule has 7 heteroatoms. The summed E-state index contributed by atoms with van der Waals surface area (Å²) in [4.78, 5) is 17.2. The first-order chi connectivity index (χ1) is 13.3. The molecular formula is C21H24N2O3S2. The Kier molecular flexibility index (Phi) is 6.15. The van der Waals surface area contributed by atoms with E-state index < -0.39 is 15.7 Å². The maximum atomic E-state index is 12.4. The molecule has 0 fully saturated rings. The number of fused-ring (bicyclic) bond motifs is 1. The first-order valence-electron chi connectivity index (χ1n) is 9.21. The molecule has 0 aliphatic carbocycles. The molecule has 0 aliphatic rings. The number of carbonyl (C=O) groups excluding carboxylic acids is 1. The Bertz CT molecular complexity index is 1170. The number of hydrogen-bond acceptors (Lipinski definition) is 4. The molecule has 0 bridgehead atoms. The molecule has 1 aromatic heterocycles. The molecule has 0 aliphatic heterocycles. The predicted molar refractivity (Wildman–Crippen MR) is 114 cm³/mol. The average Bonchev–Trinajstić information content (AvgIpc) is 2.97.